The van der Waals surface area contributed by atoms with Crippen molar-refractivity contribution < 1.29 is 4.42 Å². The molecule has 2 nitrogen and oxygen atoms in total. The van der Waals surface area contributed by atoms with Crippen molar-refractivity contribution in [3.63, 3.8) is 0 Å². The Morgan fingerprint density at radius 2 is 1.89 bits per heavy atom. The average molecular weight is 259 g/mol. The number of furan rings is 1. The van der Waals surface area contributed by atoms with Crippen LogP contribution in [0.5, 0.6) is 0 Å². The predicted octanol–water partition coefficient (Wildman–Crippen LogP) is 4.89. The van der Waals surface area contributed by atoms with Gasteiger partial charge in [0.25, 0.3) is 0 Å². The number of rotatable bonds is 6. The van der Waals surface area contributed by atoms with E-state index in [2.05, 4.69) is 51.2 Å². The monoisotopic (exact) mass is 259 g/mol. The molecule has 0 saturated heterocycles. The van der Waals surface area contributed by atoms with Crippen molar-refractivity contribution in [1.29, 1.82) is 0 Å². The van der Waals surface area contributed by atoms with Gasteiger partial charge in [0.05, 0.1) is 6.04 Å². The third-order valence-electron chi connectivity index (χ3n) is 3.57. The summed E-state index contributed by atoms with van der Waals surface area (Å²) in [6, 6.07) is 6.91. The van der Waals surface area contributed by atoms with Crippen molar-refractivity contribution in [2.75, 3.05) is 6.54 Å². The summed E-state index contributed by atoms with van der Waals surface area (Å²) in [5.41, 5.74) is 3.59. The first kappa shape index (κ1) is 14.1. The van der Waals surface area contributed by atoms with E-state index >= 15 is 0 Å². The lowest BCUT2D eigenvalue weighted by molar-refractivity contribution is 0.408. The molecule has 2 rings (SSSR count). The van der Waals surface area contributed by atoms with Crippen LogP contribution in [0.4, 0.5) is 0 Å². The van der Waals surface area contributed by atoms with E-state index in [4.69, 9.17) is 4.42 Å². The minimum atomic E-state index is 0.344. The molecule has 1 aromatic carbocycles. The molecule has 0 bridgehead atoms. The molecular weight excluding hydrogens is 234 g/mol. The highest BCUT2D eigenvalue weighted by Gasteiger charge is 2.15. The molecule has 0 radical (unpaired) electrons. The molecule has 19 heavy (non-hydrogen) atoms. The van der Waals surface area contributed by atoms with Crippen molar-refractivity contribution >= 4 is 11.0 Å². The van der Waals surface area contributed by atoms with Crippen molar-refractivity contribution in [1.82, 2.24) is 5.32 Å². The number of hydrogen-bond donors (Lipinski definition) is 1. The van der Waals surface area contributed by atoms with Crippen LogP contribution in [-0.2, 0) is 0 Å². The van der Waals surface area contributed by atoms with Gasteiger partial charge in [0.15, 0.2) is 0 Å². The lowest BCUT2D eigenvalue weighted by Gasteiger charge is -2.14. The maximum absolute atomic E-state index is 6.08. The van der Waals surface area contributed by atoms with E-state index in [-0.39, 0.29) is 0 Å². The Morgan fingerprint density at radius 3 is 2.58 bits per heavy atom. The lowest BCUT2D eigenvalue weighted by Crippen LogP contribution is -2.21. The number of fused-ring (bicyclic) bond motifs is 1. The highest BCUT2D eigenvalue weighted by atomic mass is 16.3. The first-order valence-corrected chi connectivity index (χ1v) is 7.39. The average Bonchev–Trinajstić information content (AvgIpc) is 2.78. The summed E-state index contributed by atoms with van der Waals surface area (Å²) in [5, 5.41) is 4.84. The van der Waals surface area contributed by atoms with Crippen LogP contribution >= 0.6 is 0 Å². The molecule has 2 aromatic rings. The molecule has 0 aliphatic heterocycles. The summed E-state index contributed by atoms with van der Waals surface area (Å²) in [4.78, 5) is 0. The van der Waals surface area contributed by atoms with E-state index in [0.29, 0.717) is 6.04 Å². The highest BCUT2D eigenvalue weighted by Crippen LogP contribution is 2.29. The maximum atomic E-state index is 6.08. The van der Waals surface area contributed by atoms with Crippen molar-refractivity contribution in [2.45, 2.75) is 53.0 Å². The maximum Gasteiger partial charge on any atom is 0.134 e. The number of nitrogens with one attached hydrogen (secondary N) is 1. The molecule has 0 fully saturated rings. The summed E-state index contributed by atoms with van der Waals surface area (Å²) >= 11 is 0. The van der Waals surface area contributed by atoms with Crippen LogP contribution in [0.2, 0.25) is 0 Å². The standard InChI is InChI=1S/C17H25NO/c1-5-7-15(18-8-6-2)17-11-14-13(4)9-12(3)10-16(14)19-17/h9-11,15,18H,5-8H2,1-4H3. The molecule has 1 aromatic heterocycles. The van der Waals surface area contributed by atoms with Crippen LogP contribution in [0.25, 0.3) is 11.0 Å². The van der Waals surface area contributed by atoms with Gasteiger partial charge in [0.1, 0.15) is 11.3 Å². The van der Waals surface area contributed by atoms with E-state index in [0.717, 1.165) is 37.2 Å². The molecular formula is C17H25NO. The number of benzene rings is 1. The Labute approximate surface area is 116 Å². The van der Waals surface area contributed by atoms with Gasteiger partial charge in [-0.25, -0.2) is 0 Å². The minimum absolute atomic E-state index is 0.344. The molecule has 0 amide bonds. The minimum Gasteiger partial charge on any atom is -0.459 e. The Morgan fingerprint density at radius 1 is 1.11 bits per heavy atom. The van der Waals surface area contributed by atoms with Gasteiger partial charge in [-0.05, 0) is 56.5 Å². The zero-order valence-corrected chi connectivity index (χ0v) is 12.5. The van der Waals surface area contributed by atoms with E-state index < -0.39 is 0 Å². The van der Waals surface area contributed by atoms with E-state index in [9.17, 15) is 0 Å². The fourth-order valence-electron chi connectivity index (χ4n) is 2.63. The number of aryl methyl sites for hydroxylation is 2. The van der Waals surface area contributed by atoms with Gasteiger partial charge < -0.3 is 9.73 Å². The first-order valence-electron chi connectivity index (χ1n) is 7.39. The van der Waals surface area contributed by atoms with Gasteiger partial charge in [-0.15, -0.1) is 0 Å². The van der Waals surface area contributed by atoms with Crippen molar-refractivity contribution in [3.05, 3.63) is 35.1 Å². The molecule has 104 valence electrons. The molecule has 1 N–H and O–H groups in total. The first-order chi connectivity index (χ1) is 9.15. The zero-order chi connectivity index (χ0) is 13.8. The van der Waals surface area contributed by atoms with Crippen LogP contribution in [0.15, 0.2) is 22.6 Å². The third kappa shape index (κ3) is 3.19. The van der Waals surface area contributed by atoms with Gasteiger partial charge in [-0.2, -0.15) is 0 Å². The second kappa shape index (κ2) is 6.25. The molecule has 2 heteroatoms. The smallest absolute Gasteiger partial charge is 0.134 e. The third-order valence-corrected chi connectivity index (χ3v) is 3.57. The summed E-state index contributed by atoms with van der Waals surface area (Å²) < 4.78 is 6.08. The predicted molar refractivity (Wildman–Crippen MR) is 81.6 cm³/mol. The number of hydrogen-bond acceptors (Lipinski definition) is 2. The molecule has 1 unspecified atom stereocenters. The van der Waals surface area contributed by atoms with E-state index in [1.807, 2.05) is 0 Å². The molecule has 0 saturated carbocycles. The van der Waals surface area contributed by atoms with Crippen molar-refractivity contribution in [2.24, 2.45) is 0 Å². The Balaban J connectivity index is 2.34. The zero-order valence-electron chi connectivity index (χ0n) is 12.5. The Hall–Kier alpha value is -1.28. The van der Waals surface area contributed by atoms with Gasteiger partial charge in [-0.3, -0.25) is 0 Å². The second-order valence-electron chi connectivity index (χ2n) is 5.44. The van der Waals surface area contributed by atoms with Crippen LogP contribution in [-0.4, -0.2) is 6.54 Å². The van der Waals surface area contributed by atoms with Gasteiger partial charge in [0, 0.05) is 5.39 Å². The molecule has 0 aliphatic rings. The van der Waals surface area contributed by atoms with Gasteiger partial charge in [-0.1, -0.05) is 26.3 Å². The van der Waals surface area contributed by atoms with E-state index in [1.54, 1.807) is 0 Å². The quantitative estimate of drug-likeness (QED) is 0.799. The normalized spacial score (nSPS) is 13.1. The highest BCUT2D eigenvalue weighted by molar-refractivity contribution is 5.82. The van der Waals surface area contributed by atoms with Crippen LogP contribution in [0, 0.1) is 13.8 Å². The summed E-state index contributed by atoms with van der Waals surface area (Å²) in [6.45, 7) is 9.73. The molecule has 0 aliphatic carbocycles. The van der Waals surface area contributed by atoms with Crippen LogP contribution in [0.3, 0.4) is 0 Å². The van der Waals surface area contributed by atoms with Gasteiger partial charge in [0.2, 0.25) is 0 Å². The van der Waals surface area contributed by atoms with Crippen LogP contribution < -0.4 is 5.32 Å². The van der Waals surface area contributed by atoms with Gasteiger partial charge >= 0.3 is 0 Å². The summed E-state index contributed by atoms with van der Waals surface area (Å²) in [6.07, 6.45) is 3.44. The van der Waals surface area contributed by atoms with E-state index in [1.165, 1.54) is 16.5 Å². The lowest BCUT2D eigenvalue weighted by atomic mass is 10.1. The molecule has 0 spiro atoms. The Bertz CT molecular complexity index is 541. The van der Waals surface area contributed by atoms with Crippen LogP contribution in [0.1, 0.15) is 56.0 Å². The Kier molecular flexibility index (Phi) is 4.65. The molecule has 1 heterocycles. The fourth-order valence-corrected chi connectivity index (χ4v) is 2.63. The molecule has 1 atom stereocenters. The largest absolute Gasteiger partial charge is 0.459 e. The second-order valence-corrected chi connectivity index (χ2v) is 5.44. The fraction of sp³-hybridized carbons (Fsp3) is 0.529. The topological polar surface area (TPSA) is 25.2 Å². The summed E-state index contributed by atoms with van der Waals surface area (Å²) in [7, 11) is 0. The summed E-state index contributed by atoms with van der Waals surface area (Å²) in [5.74, 6) is 1.08. The SMILES string of the molecule is CCCNC(CCC)c1cc2c(C)cc(C)cc2o1. The van der Waals surface area contributed by atoms with Crippen molar-refractivity contribution in [3.8, 4) is 0 Å².